The monoisotopic (exact) mass is 238 g/mol. The maximum atomic E-state index is 5.92. The summed E-state index contributed by atoms with van der Waals surface area (Å²) in [6.45, 7) is 7.39. The number of hydrogen-bond acceptors (Lipinski definition) is 2. The number of ether oxygens (including phenoxy) is 2. The first-order chi connectivity index (χ1) is 8.17. The highest BCUT2D eigenvalue weighted by molar-refractivity contribution is 5.23. The Morgan fingerprint density at radius 1 is 1.41 bits per heavy atom. The summed E-state index contributed by atoms with van der Waals surface area (Å²) in [5.41, 5.74) is 1.52. The molecule has 0 fully saturated rings. The van der Waals surface area contributed by atoms with Crippen molar-refractivity contribution < 1.29 is 9.47 Å². The fourth-order valence-corrected chi connectivity index (χ4v) is 2.03. The quantitative estimate of drug-likeness (QED) is 0.622. The molecule has 1 aliphatic carbocycles. The second-order valence-electron chi connectivity index (χ2n) is 4.93. The molecule has 0 aromatic heterocycles. The van der Waals surface area contributed by atoms with E-state index in [1.54, 1.807) is 7.11 Å². The van der Waals surface area contributed by atoms with Gasteiger partial charge in [0.05, 0.1) is 11.9 Å². The lowest BCUT2D eigenvalue weighted by Crippen LogP contribution is -2.14. The Balaban J connectivity index is 2.47. The summed E-state index contributed by atoms with van der Waals surface area (Å²) in [6, 6.07) is 0. The van der Waals surface area contributed by atoms with Crippen LogP contribution >= 0.6 is 0 Å². The Bertz CT molecular complexity index is 279. The summed E-state index contributed by atoms with van der Waals surface area (Å²) < 4.78 is 11.0. The Morgan fingerprint density at radius 3 is 2.76 bits per heavy atom. The predicted molar refractivity (Wildman–Crippen MR) is 71.9 cm³/mol. The van der Waals surface area contributed by atoms with Crippen molar-refractivity contribution in [1.29, 1.82) is 0 Å². The van der Waals surface area contributed by atoms with Crippen LogP contribution in [0.25, 0.3) is 0 Å². The van der Waals surface area contributed by atoms with E-state index in [-0.39, 0.29) is 0 Å². The smallest absolute Gasteiger partial charge is 0.0995 e. The van der Waals surface area contributed by atoms with E-state index in [2.05, 4.69) is 32.9 Å². The van der Waals surface area contributed by atoms with Gasteiger partial charge < -0.3 is 9.47 Å². The highest BCUT2D eigenvalue weighted by Crippen LogP contribution is 2.29. The topological polar surface area (TPSA) is 18.5 Å². The summed E-state index contributed by atoms with van der Waals surface area (Å²) >= 11 is 0. The van der Waals surface area contributed by atoms with Gasteiger partial charge in [0.25, 0.3) is 0 Å². The molecule has 0 aromatic rings. The van der Waals surface area contributed by atoms with E-state index in [1.165, 1.54) is 5.57 Å². The first kappa shape index (κ1) is 14.3. The van der Waals surface area contributed by atoms with E-state index < -0.39 is 0 Å². The molecule has 0 spiro atoms. The van der Waals surface area contributed by atoms with Gasteiger partial charge in [0.2, 0.25) is 0 Å². The van der Waals surface area contributed by atoms with E-state index in [4.69, 9.17) is 9.47 Å². The van der Waals surface area contributed by atoms with Gasteiger partial charge in [-0.25, -0.2) is 0 Å². The number of rotatable bonds is 7. The molecule has 2 atom stereocenters. The van der Waals surface area contributed by atoms with Crippen LogP contribution in [0.2, 0.25) is 0 Å². The lowest BCUT2D eigenvalue weighted by atomic mass is 9.91. The van der Waals surface area contributed by atoms with Crippen molar-refractivity contribution in [3.63, 3.8) is 0 Å². The van der Waals surface area contributed by atoms with Crippen molar-refractivity contribution in [2.45, 2.75) is 52.6 Å². The van der Waals surface area contributed by atoms with Gasteiger partial charge in [-0.1, -0.05) is 25.5 Å². The molecular weight excluding hydrogens is 212 g/mol. The van der Waals surface area contributed by atoms with Crippen LogP contribution in [0.5, 0.6) is 0 Å². The second-order valence-corrected chi connectivity index (χ2v) is 4.93. The summed E-state index contributed by atoms with van der Waals surface area (Å²) in [5.74, 6) is 1.67. The third-order valence-electron chi connectivity index (χ3n) is 3.30. The minimum absolute atomic E-state index is 0.326. The van der Waals surface area contributed by atoms with Crippen molar-refractivity contribution >= 4 is 0 Å². The first-order valence-corrected chi connectivity index (χ1v) is 6.72. The molecule has 0 N–H and O–H groups in total. The Kier molecular flexibility index (Phi) is 6.35. The van der Waals surface area contributed by atoms with E-state index in [9.17, 15) is 0 Å². The van der Waals surface area contributed by atoms with E-state index in [0.29, 0.717) is 12.0 Å². The molecule has 0 aliphatic heterocycles. The fourth-order valence-electron chi connectivity index (χ4n) is 2.03. The predicted octanol–water partition coefficient (Wildman–Crippen LogP) is 4.08. The molecule has 17 heavy (non-hydrogen) atoms. The second kappa shape index (κ2) is 7.54. The molecule has 0 radical (unpaired) electrons. The highest BCUT2D eigenvalue weighted by atomic mass is 16.5. The van der Waals surface area contributed by atoms with E-state index >= 15 is 0 Å². The Morgan fingerprint density at radius 2 is 2.18 bits per heavy atom. The van der Waals surface area contributed by atoms with Crippen LogP contribution in [-0.2, 0) is 9.47 Å². The summed E-state index contributed by atoms with van der Waals surface area (Å²) in [5, 5.41) is 0. The summed E-state index contributed by atoms with van der Waals surface area (Å²) in [7, 11) is 1.76. The first-order valence-electron chi connectivity index (χ1n) is 6.72. The van der Waals surface area contributed by atoms with E-state index in [0.717, 1.165) is 38.0 Å². The molecule has 2 heteroatoms. The summed E-state index contributed by atoms with van der Waals surface area (Å²) in [4.78, 5) is 0. The molecule has 0 amide bonds. The lowest BCUT2D eigenvalue weighted by Gasteiger charge is -2.24. The maximum absolute atomic E-state index is 5.92. The van der Waals surface area contributed by atoms with Crippen LogP contribution < -0.4 is 0 Å². The molecule has 1 rings (SSSR count). The van der Waals surface area contributed by atoms with Crippen molar-refractivity contribution in [3.05, 3.63) is 23.5 Å². The molecule has 98 valence electrons. The molecular formula is C15H26O2. The minimum Gasteiger partial charge on any atom is -0.495 e. The Hall–Kier alpha value is -0.760. The van der Waals surface area contributed by atoms with Gasteiger partial charge in [-0.2, -0.15) is 0 Å². The van der Waals surface area contributed by atoms with Crippen molar-refractivity contribution in [1.82, 2.24) is 0 Å². The van der Waals surface area contributed by atoms with Crippen LogP contribution in [0.3, 0.4) is 0 Å². The number of allylic oxidation sites excluding steroid dienone is 4. The fraction of sp³-hybridized carbons (Fsp3) is 0.733. The van der Waals surface area contributed by atoms with Crippen LogP contribution in [0, 0.1) is 5.92 Å². The van der Waals surface area contributed by atoms with E-state index in [1.807, 2.05) is 0 Å². The van der Waals surface area contributed by atoms with Crippen molar-refractivity contribution in [2.75, 3.05) is 13.7 Å². The van der Waals surface area contributed by atoms with Crippen LogP contribution in [0.4, 0.5) is 0 Å². The van der Waals surface area contributed by atoms with Crippen LogP contribution in [-0.4, -0.2) is 19.8 Å². The zero-order valence-corrected chi connectivity index (χ0v) is 11.7. The van der Waals surface area contributed by atoms with Gasteiger partial charge in [0.15, 0.2) is 0 Å². The zero-order chi connectivity index (χ0) is 12.7. The van der Waals surface area contributed by atoms with Gasteiger partial charge in [0.1, 0.15) is 0 Å². The van der Waals surface area contributed by atoms with Gasteiger partial charge in [-0.3, -0.25) is 0 Å². The minimum atomic E-state index is 0.326. The van der Waals surface area contributed by atoms with Crippen molar-refractivity contribution in [3.8, 4) is 0 Å². The molecule has 0 saturated carbocycles. The van der Waals surface area contributed by atoms with Crippen molar-refractivity contribution in [2.24, 2.45) is 5.92 Å². The van der Waals surface area contributed by atoms with Gasteiger partial charge >= 0.3 is 0 Å². The zero-order valence-electron chi connectivity index (χ0n) is 11.7. The van der Waals surface area contributed by atoms with Gasteiger partial charge in [-0.15, -0.1) is 0 Å². The molecule has 1 aliphatic rings. The van der Waals surface area contributed by atoms with Crippen LogP contribution in [0.15, 0.2) is 23.5 Å². The number of methoxy groups -OCH3 is 1. The third kappa shape index (κ3) is 4.95. The average Bonchev–Trinajstić information content (AvgIpc) is 2.32. The van der Waals surface area contributed by atoms with Gasteiger partial charge in [0, 0.05) is 19.6 Å². The molecule has 0 saturated heterocycles. The standard InChI is InChI=1S/C15H26O2/c1-5-13(3)17-15-9-8-14(11-12(15)2)7-6-10-16-4/h8-9,12-13H,5-7,10-11H2,1-4H3. The summed E-state index contributed by atoms with van der Waals surface area (Å²) in [6.07, 6.45) is 9.17. The largest absolute Gasteiger partial charge is 0.495 e. The number of hydrogen-bond donors (Lipinski definition) is 0. The highest BCUT2D eigenvalue weighted by Gasteiger charge is 2.17. The molecule has 2 nitrogen and oxygen atoms in total. The maximum Gasteiger partial charge on any atom is 0.0995 e. The average molecular weight is 238 g/mol. The van der Waals surface area contributed by atoms with Crippen LogP contribution in [0.1, 0.15) is 46.5 Å². The third-order valence-corrected chi connectivity index (χ3v) is 3.30. The molecule has 0 bridgehead atoms. The van der Waals surface area contributed by atoms with Gasteiger partial charge in [-0.05, 0) is 38.7 Å². The lowest BCUT2D eigenvalue weighted by molar-refractivity contribution is 0.105. The Labute approximate surface area is 106 Å². The molecule has 0 aromatic carbocycles. The molecule has 0 heterocycles. The molecule has 2 unspecified atom stereocenters. The normalized spacial score (nSPS) is 21.8. The SMILES string of the molecule is CCC(C)OC1=CC=C(CCCOC)CC1C.